The zero-order chi connectivity index (χ0) is 11.5. The van der Waals surface area contributed by atoms with Gasteiger partial charge < -0.3 is 10.1 Å². The van der Waals surface area contributed by atoms with Gasteiger partial charge in [-0.1, -0.05) is 5.21 Å². The third-order valence-corrected chi connectivity index (χ3v) is 2.19. The number of hydrogen-bond donors (Lipinski definition) is 1. The number of aromatic nitrogens is 5. The molecule has 7 nitrogen and oxygen atoms in total. The number of hydrogen-bond acceptors (Lipinski definition) is 6. The van der Waals surface area contributed by atoms with Crippen molar-refractivity contribution in [2.75, 3.05) is 19.0 Å². The summed E-state index contributed by atoms with van der Waals surface area (Å²) in [7, 11) is 3.46. The molecule has 0 aromatic carbocycles. The van der Waals surface area contributed by atoms with Crippen LogP contribution in [0, 0.1) is 0 Å². The standard InChI is InChI=1S/C9H14N6O/c1-6(4-16-3)12-8-7-9(11-5-10-8)15(2)14-13-7/h5-6H,4H2,1-3H3,(H,10,11,12)/t6-/m0/s1. The first-order chi connectivity index (χ1) is 7.72. The van der Waals surface area contributed by atoms with Crippen molar-refractivity contribution < 1.29 is 4.74 Å². The molecule has 0 radical (unpaired) electrons. The number of ether oxygens (including phenoxy) is 1. The van der Waals surface area contributed by atoms with Crippen LogP contribution in [0.25, 0.3) is 11.2 Å². The molecule has 0 amide bonds. The van der Waals surface area contributed by atoms with Gasteiger partial charge in [0.05, 0.1) is 6.61 Å². The summed E-state index contributed by atoms with van der Waals surface area (Å²) in [5, 5.41) is 11.1. The molecule has 0 saturated carbocycles. The largest absolute Gasteiger partial charge is 0.383 e. The molecular formula is C9H14N6O. The van der Waals surface area contributed by atoms with Crippen LogP contribution in [0.5, 0.6) is 0 Å². The third kappa shape index (κ3) is 1.94. The number of fused-ring (bicyclic) bond motifs is 1. The molecule has 0 aliphatic rings. The molecule has 0 fully saturated rings. The van der Waals surface area contributed by atoms with Crippen LogP contribution in [0.15, 0.2) is 6.33 Å². The Bertz CT molecular complexity index is 482. The summed E-state index contributed by atoms with van der Waals surface area (Å²) in [5.74, 6) is 0.683. The Balaban J connectivity index is 2.30. The molecule has 7 heteroatoms. The molecule has 0 aliphatic carbocycles. The molecule has 1 atom stereocenters. The summed E-state index contributed by atoms with van der Waals surface area (Å²) >= 11 is 0. The van der Waals surface area contributed by atoms with E-state index >= 15 is 0 Å². The van der Waals surface area contributed by atoms with Gasteiger partial charge >= 0.3 is 0 Å². The molecular weight excluding hydrogens is 208 g/mol. The number of rotatable bonds is 4. The maximum atomic E-state index is 5.05. The zero-order valence-corrected chi connectivity index (χ0v) is 9.51. The summed E-state index contributed by atoms with van der Waals surface area (Å²) in [5.41, 5.74) is 1.38. The van der Waals surface area contributed by atoms with Crippen LogP contribution in [0.2, 0.25) is 0 Å². The van der Waals surface area contributed by atoms with Crippen molar-refractivity contribution >= 4 is 17.0 Å². The number of methoxy groups -OCH3 is 1. The van der Waals surface area contributed by atoms with E-state index in [2.05, 4.69) is 25.6 Å². The van der Waals surface area contributed by atoms with Gasteiger partial charge in [-0.05, 0) is 6.92 Å². The van der Waals surface area contributed by atoms with Gasteiger partial charge in [-0.2, -0.15) is 0 Å². The quantitative estimate of drug-likeness (QED) is 0.796. The summed E-state index contributed by atoms with van der Waals surface area (Å²) in [4.78, 5) is 8.26. The topological polar surface area (TPSA) is 77.8 Å². The van der Waals surface area contributed by atoms with Crippen molar-refractivity contribution in [3.05, 3.63) is 6.33 Å². The van der Waals surface area contributed by atoms with Crippen molar-refractivity contribution in [1.29, 1.82) is 0 Å². The SMILES string of the molecule is COC[C@H](C)Nc1ncnc2c1nnn2C. The van der Waals surface area contributed by atoms with Crippen LogP contribution in [0.3, 0.4) is 0 Å². The lowest BCUT2D eigenvalue weighted by atomic mass is 10.3. The van der Waals surface area contributed by atoms with Gasteiger partial charge in [0.25, 0.3) is 0 Å². The Morgan fingerprint density at radius 2 is 2.31 bits per heavy atom. The van der Waals surface area contributed by atoms with E-state index in [1.165, 1.54) is 6.33 Å². The van der Waals surface area contributed by atoms with Crippen LogP contribution >= 0.6 is 0 Å². The minimum absolute atomic E-state index is 0.158. The first-order valence-corrected chi connectivity index (χ1v) is 4.98. The number of aryl methyl sites for hydroxylation is 1. The van der Waals surface area contributed by atoms with Crippen molar-refractivity contribution in [3.63, 3.8) is 0 Å². The highest BCUT2D eigenvalue weighted by atomic mass is 16.5. The average molecular weight is 222 g/mol. The van der Waals surface area contributed by atoms with E-state index in [1.807, 2.05) is 6.92 Å². The Labute approximate surface area is 92.8 Å². The molecule has 2 heterocycles. The Morgan fingerprint density at radius 3 is 3.06 bits per heavy atom. The summed E-state index contributed by atoms with van der Waals surface area (Å²) in [6, 6.07) is 0.158. The first-order valence-electron chi connectivity index (χ1n) is 4.98. The van der Waals surface area contributed by atoms with Crippen LogP contribution < -0.4 is 5.32 Å². The second-order valence-electron chi connectivity index (χ2n) is 3.61. The Morgan fingerprint density at radius 1 is 1.50 bits per heavy atom. The molecule has 16 heavy (non-hydrogen) atoms. The smallest absolute Gasteiger partial charge is 0.183 e. The highest BCUT2D eigenvalue weighted by Gasteiger charge is 2.11. The van der Waals surface area contributed by atoms with Crippen molar-refractivity contribution in [1.82, 2.24) is 25.0 Å². The fraction of sp³-hybridized carbons (Fsp3) is 0.556. The molecule has 0 saturated heterocycles. The van der Waals surface area contributed by atoms with Crippen molar-refractivity contribution in [2.45, 2.75) is 13.0 Å². The van der Waals surface area contributed by atoms with Gasteiger partial charge in [-0.3, -0.25) is 0 Å². The highest BCUT2D eigenvalue weighted by Crippen LogP contribution is 2.15. The van der Waals surface area contributed by atoms with Crippen molar-refractivity contribution in [2.24, 2.45) is 7.05 Å². The van der Waals surface area contributed by atoms with E-state index in [-0.39, 0.29) is 6.04 Å². The van der Waals surface area contributed by atoms with Crippen molar-refractivity contribution in [3.8, 4) is 0 Å². The van der Waals surface area contributed by atoms with Crippen LogP contribution in [-0.2, 0) is 11.8 Å². The molecule has 2 rings (SSSR count). The monoisotopic (exact) mass is 222 g/mol. The fourth-order valence-corrected chi connectivity index (χ4v) is 1.48. The molecule has 0 spiro atoms. The minimum Gasteiger partial charge on any atom is -0.383 e. The predicted molar refractivity (Wildman–Crippen MR) is 59.1 cm³/mol. The van der Waals surface area contributed by atoms with Crippen LogP contribution in [0.4, 0.5) is 5.82 Å². The fourth-order valence-electron chi connectivity index (χ4n) is 1.48. The first kappa shape index (κ1) is 10.7. The van der Waals surface area contributed by atoms with Crippen LogP contribution in [0.1, 0.15) is 6.92 Å². The normalized spacial score (nSPS) is 12.9. The van der Waals surface area contributed by atoms with Crippen LogP contribution in [-0.4, -0.2) is 44.7 Å². The van der Waals surface area contributed by atoms with Gasteiger partial charge in [0.2, 0.25) is 0 Å². The second-order valence-corrected chi connectivity index (χ2v) is 3.61. The summed E-state index contributed by atoms with van der Waals surface area (Å²) in [6.07, 6.45) is 1.49. The maximum Gasteiger partial charge on any atom is 0.183 e. The van der Waals surface area contributed by atoms with Gasteiger partial charge in [-0.25, -0.2) is 14.6 Å². The molecule has 0 bridgehead atoms. The van der Waals surface area contributed by atoms with E-state index in [0.717, 1.165) is 0 Å². The second kappa shape index (κ2) is 4.40. The zero-order valence-electron chi connectivity index (χ0n) is 9.51. The summed E-state index contributed by atoms with van der Waals surface area (Å²) in [6.45, 7) is 2.61. The molecule has 86 valence electrons. The van der Waals surface area contributed by atoms with Gasteiger partial charge in [0, 0.05) is 20.2 Å². The van der Waals surface area contributed by atoms with Gasteiger partial charge in [0.15, 0.2) is 17.0 Å². The van der Waals surface area contributed by atoms with E-state index in [0.29, 0.717) is 23.6 Å². The lowest BCUT2D eigenvalue weighted by molar-refractivity contribution is 0.190. The number of nitrogens with zero attached hydrogens (tertiary/aromatic N) is 5. The lowest BCUT2D eigenvalue weighted by Crippen LogP contribution is -2.21. The maximum absolute atomic E-state index is 5.05. The number of anilines is 1. The molecule has 2 aromatic heterocycles. The summed E-state index contributed by atoms with van der Waals surface area (Å²) < 4.78 is 6.66. The van der Waals surface area contributed by atoms with E-state index in [4.69, 9.17) is 4.74 Å². The van der Waals surface area contributed by atoms with E-state index in [1.54, 1.807) is 18.8 Å². The third-order valence-electron chi connectivity index (χ3n) is 2.19. The van der Waals surface area contributed by atoms with E-state index < -0.39 is 0 Å². The van der Waals surface area contributed by atoms with Gasteiger partial charge in [-0.15, -0.1) is 5.10 Å². The highest BCUT2D eigenvalue weighted by molar-refractivity contribution is 5.81. The Hall–Kier alpha value is -1.76. The molecule has 0 aliphatic heterocycles. The molecule has 0 unspecified atom stereocenters. The Kier molecular flexibility index (Phi) is 2.95. The lowest BCUT2D eigenvalue weighted by Gasteiger charge is -2.12. The van der Waals surface area contributed by atoms with Gasteiger partial charge in [0.1, 0.15) is 6.33 Å². The molecule has 2 aromatic rings. The predicted octanol–water partition coefficient (Wildman–Crippen LogP) is 0.205. The minimum atomic E-state index is 0.158. The number of nitrogens with one attached hydrogen (secondary N) is 1. The molecule has 1 N–H and O–H groups in total. The average Bonchev–Trinajstić information content (AvgIpc) is 2.62. The van der Waals surface area contributed by atoms with E-state index in [9.17, 15) is 0 Å².